The number of allylic oxidation sites excluding steroid dienone is 1. The van der Waals surface area contributed by atoms with Crippen LogP contribution in [-0.2, 0) is 5.60 Å². The number of nitrogens with zero attached hydrogens (tertiary/aromatic N) is 3. The smallest absolute Gasteiger partial charge is 0.159 e. The zero-order valence-corrected chi connectivity index (χ0v) is 21.1. The van der Waals surface area contributed by atoms with Crippen LogP contribution >= 0.6 is 11.6 Å². The molecule has 174 valence electrons. The van der Waals surface area contributed by atoms with Crippen molar-refractivity contribution in [2.45, 2.75) is 72.4 Å². The Morgan fingerprint density at radius 2 is 1.82 bits per heavy atom. The molecular formula is C27H33ClN4O. The quantitative estimate of drug-likeness (QED) is 0.388. The van der Waals surface area contributed by atoms with Crippen molar-refractivity contribution in [3.05, 3.63) is 58.8 Å². The summed E-state index contributed by atoms with van der Waals surface area (Å²) < 4.78 is 0. The Labute approximate surface area is 201 Å². The second-order valence-electron chi connectivity index (χ2n) is 10.4. The van der Waals surface area contributed by atoms with E-state index in [-0.39, 0.29) is 6.04 Å². The van der Waals surface area contributed by atoms with Gasteiger partial charge in [-0.15, -0.1) is 0 Å². The fourth-order valence-electron chi connectivity index (χ4n) is 4.53. The summed E-state index contributed by atoms with van der Waals surface area (Å²) in [5.74, 6) is 0.396. The van der Waals surface area contributed by atoms with Gasteiger partial charge in [-0.1, -0.05) is 42.7 Å². The molecule has 0 radical (unpaired) electrons. The third-order valence-electron chi connectivity index (χ3n) is 6.89. The molecule has 4 rings (SSSR count). The van der Waals surface area contributed by atoms with E-state index in [2.05, 4.69) is 54.0 Å². The van der Waals surface area contributed by atoms with E-state index in [0.717, 1.165) is 34.1 Å². The van der Waals surface area contributed by atoms with E-state index in [1.165, 1.54) is 18.4 Å². The highest BCUT2D eigenvalue weighted by molar-refractivity contribution is 6.34. The predicted octanol–water partition coefficient (Wildman–Crippen LogP) is 6.90. The Morgan fingerprint density at radius 1 is 1.12 bits per heavy atom. The number of nitrogens with one attached hydrogen (secondary N) is 1. The van der Waals surface area contributed by atoms with Gasteiger partial charge in [0.1, 0.15) is 5.60 Å². The standard InChI is InChI=1S/C27H33ClN4O/c1-16(11-18-9-10-26(3,4)17(18)2)32-24-21-12-19(7-8-23(21)29-15-22(24)28)20-13-30-25(31-14-20)27(5,6)33/h7-8,12-16,33H,9-11H2,1-6H3,(H,29,32). The van der Waals surface area contributed by atoms with E-state index in [9.17, 15) is 5.11 Å². The molecule has 2 heterocycles. The van der Waals surface area contributed by atoms with Crippen molar-refractivity contribution in [3.63, 3.8) is 0 Å². The molecule has 0 saturated carbocycles. The Morgan fingerprint density at radius 3 is 2.42 bits per heavy atom. The zero-order chi connectivity index (χ0) is 24.0. The summed E-state index contributed by atoms with van der Waals surface area (Å²) in [7, 11) is 0. The van der Waals surface area contributed by atoms with E-state index in [4.69, 9.17) is 11.6 Å². The first-order valence-electron chi connectivity index (χ1n) is 11.5. The molecule has 0 bridgehead atoms. The van der Waals surface area contributed by atoms with Crippen LogP contribution < -0.4 is 5.32 Å². The van der Waals surface area contributed by atoms with E-state index in [1.807, 2.05) is 12.1 Å². The largest absolute Gasteiger partial charge is 0.382 e. The van der Waals surface area contributed by atoms with Gasteiger partial charge in [0.2, 0.25) is 0 Å². The molecule has 33 heavy (non-hydrogen) atoms. The minimum Gasteiger partial charge on any atom is -0.382 e. The summed E-state index contributed by atoms with van der Waals surface area (Å²) in [5.41, 5.74) is 5.93. The number of benzene rings is 1. The first kappa shape index (κ1) is 23.7. The highest BCUT2D eigenvalue weighted by Gasteiger charge is 2.29. The van der Waals surface area contributed by atoms with Crippen LogP contribution in [0.5, 0.6) is 0 Å². The molecule has 1 unspecified atom stereocenters. The topological polar surface area (TPSA) is 70.9 Å². The monoisotopic (exact) mass is 464 g/mol. The second-order valence-corrected chi connectivity index (χ2v) is 10.8. The van der Waals surface area contributed by atoms with Crippen LogP contribution in [0.4, 0.5) is 5.69 Å². The average Bonchev–Trinajstić information content (AvgIpc) is 3.01. The Bertz CT molecular complexity index is 1210. The fraction of sp³-hybridized carbons (Fsp3) is 0.444. The van der Waals surface area contributed by atoms with Crippen LogP contribution in [0.25, 0.3) is 22.0 Å². The summed E-state index contributed by atoms with van der Waals surface area (Å²) in [4.78, 5) is 13.2. The normalized spacial score (nSPS) is 17.0. The van der Waals surface area contributed by atoms with Crippen LogP contribution in [0.2, 0.25) is 5.02 Å². The van der Waals surface area contributed by atoms with Crippen LogP contribution in [0.15, 0.2) is 47.9 Å². The van der Waals surface area contributed by atoms with E-state index in [0.29, 0.717) is 16.3 Å². The number of aromatic nitrogens is 3. The summed E-state index contributed by atoms with van der Waals surface area (Å²) in [6.07, 6.45) is 8.58. The van der Waals surface area contributed by atoms with Crippen LogP contribution in [0.1, 0.15) is 66.6 Å². The number of fused-ring (bicyclic) bond motifs is 1. The number of anilines is 1. The summed E-state index contributed by atoms with van der Waals surface area (Å²) in [5, 5.41) is 15.4. The minimum absolute atomic E-state index is 0.241. The first-order chi connectivity index (χ1) is 15.5. The van der Waals surface area contributed by atoms with Gasteiger partial charge in [-0.3, -0.25) is 4.98 Å². The maximum absolute atomic E-state index is 10.1. The van der Waals surface area contributed by atoms with Gasteiger partial charge < -0.3 is 10.4 Å². The number of pyridine rings is 1. The third kappa shape index (κ3) is 4.90. The van der Waals surface area contributed by atoms with Gasteiger partial charge in [0.15, 0.2) is 5.82 Å². The zero-order valence-electron chi connectivity index (χ0n) is 20.3. The number of halogens is 1. The van der Waals surface area contributed by atoms with Gasteiger partial charge in [-0.2, -0.15) is 0 Å². The molecular weight excluding hydrogens is 432 g/mol. The Balaban J connectivity index is 1.65. The van der Waals surface area contributed by atoms with Gasteiger partial charge in [0.25, 0.3) is 0 Å². The summed E-state index contributed by atoms with van der Waals surface area (Å²) in [6.45, 7) is 12.5. The van der Waals surface area contributed by atoms with Gasteiger partial charge in [0, 0.05) is 35.6 Å². The lowest BCUT2D eigenvalue weighted by molar-refractivity contribution is 0.0687. The van der Waals surface area contributed by atoms with Gasteiger partial charge in [0.05, 0.1) is 16.2 Å². The van der Waals surface area contributed by atoms with Crippen molar-refractivity contribution < 1.29 is 5.11 Å². The van der Waals surface area contributed by atoms with Crippen molar-refractivity contribution in [1.82, 2.24) is 15.0 Å². The molecule has 3 aromatic rings. The first-order valence-corrected chi connectivity index (χ1v) is 11.9. The van der Waals surface area contributed by atoms with Crippen molar-refractivity contribution in [2.24, 2.45) is 5.41 Å². The molecule has 0 spiro atoms. The van der Waals surface area contributed by atoms with Gasteiger partial charge in [-0.05, 0) is 70.1 Å². The number of rotatable bonds is 6. The SMILES string of the molecule is CC1=C(CC(C)Nc2c(Cl)cnc3ccc(-c4cnc(C(C)(C)O)nc4)cc23)CCC1(C)C. The molecule has 2 aromatic heterocycles. The number of hydrogen-bond donors (Lipinski definition) is 2. The van der Waals surface area contributed by atoms with Gasteiger partial charge in [-0.25, -0.2) is 9.97 Å². The molecule has 6 heteroatoms. The highest BCUT2D eigenvalue weighted by Crippen LogP contribution is 2.43. The molecule has 1 aliphatic carbocycles. The molecule has 1 atom stereocenters. The van der Waals surface area contributed by atoms with Crippen molar-refractivity contribution >= 4 is 28.2 Å². The van der Waals surface area contributed by atoms with Crippen molar-refractivity contribution in [3.8, 4) is 11.1 Å². The van der Waals surface area contributed by atoms with E-state index in [1.54, 1.807) is 38.0 Å². The predicted molar refractivity (Wildman–Crippen MR) is 136 cm³/mol. The van der Waals surface area contributed by atoms with Crippen LogP contribution in [-0.4, -0.2) is 26.1 Å². The lowest BCUT2D eigenvalue weighted by Gasteiger charge is -2.21. The van der Waals surface area contributed by atoms with E-state index < -0.39 is 5.60 Å². The molecule has 2 N–H and O–H groups in total. The molecule has 1 aliphatic rings. The lowest BCUT2D eigenvalue weighted by Crippen LogP contribution is -2.19. The highest BCUT2D eigenvalue weighted by atomic mass is 35.5. The lowest BCUT2D eigenvalue weighted by atomic mass is 9.86. The maximum atomic E-state index is 10.1. The maximum Gasteiger partial charge on any atom is 0.159 e. The Kier molecular flexibility index (Phi) is 6.23. The van der Waals surface area contributed by atoms with Crippen molar-refractivity contribution in [1.29, 1.82) is 0 Å². The van der Waals surface area contributed by atoms with Crippen LogP contribution in [0, 0.1) is 5.41 Å². The average molecular weight is 465 g/mol. The minimum atomic E-state index is -1.07. The molecule has 1 aromatic carbocycles. The molecule has 0 aliphatic heterocycles. The summed E-state index contributed by atoms with van der Waals surface area (Å²) >= 11 is 6.62. The Hall–Kier alpha value is -2.50. The molecule has 5 nitrogen and oxygen atoms in total. The van der Waals surface area contributed by atoms with Crippen molar-refractivity contribution in [2.75, 3.05) is 5.32 Å². The van der Waals surface area contributed by atoms with Crippen LogP contribution in [0.3, 0.4) is 0 Å². The van der Waals surface area contributed by atoms with Gasteiger partial charge >= 0.3 is 0 Å². The molecule has 0 saturated heterocycles. The number of aliphatic hydroxyl groups is 1. The second kappa shape index (κ2) is 8.69. The molecule has 0 fully saturated rings. The third-order valence-corrected chi connectivity index (χ3v) is 7.18. The molecule has 0 amide bonds. The fourth-order valence-corrected chi connectivity index (χ4v) is 4.73. The van der Waals surface area contributed by atoms with E-state index >= 15 is 0 Å². The number of hydrogen-bond acceptors (Lipinski definition) is 5. The summed E-state index contributed by atoms with van der Waals surface area (Å²) in [6, 6.07) is 6.32.